The Bertz CT molecular complexity index is 1240. The van der Waals surface area contributed by atoms with Crippen molar-refractivity contribution in [3.05, 3.63) is 69.3 Å². The predicted molar refractivity (Wildman–Crippen MR) is 127 cm³/mol. The lowest BCUT2D eigenvalue weighted by molar-refractivity contribution is -0.251. The summed E-state index contributed by atoms with van der Waals surface area (Å²) in [6, 6.07) is 14.9. The lowest BCUT2D eigenvalue weighted by Crippen LogP contribution is -2.57. The number of aromatic nitrogens is 1. The van der Waals surface area contributed by atoms with Crippen LogP contribution in [0.2, 0.25) is 0 Å². The quantitative estimate of drug-likeness (QED) is 0.438. The molecule has 1 aliphatic heterocycles. The van der Waals surface area contributed by atoms with Gasteiger partial charge in [-0.05, 0) is 34.6 Å². The van der Waals surface area contributed by atoms with Crippen LogP contribution in [0.15, 0.2) is 52.6 Å². The van der Waals surface area contributed by atoms with Crippen LogP contribution in [0.1, 0.15) is 37.1 Å². The number of pyridine rings is 1. The molecular formula is C25H26N2O6S. The number of thiophene rings is 1. The van der Waals surface area contributed by atoms with Crippen LogP contribution in [0.25, 0.3) is 21.7 Å². The number of nitriles is 1. The largest absolute Gasteiger partial charge is 0.394 e. The highest BCUT2D eigenvalue weighted by Crippen LogP contribution is 2.36. The van der Waals surface area contributed by atoms with Gasteiger partial charge in [-0.2, -0.15) is 5.26 Å². The molecule has 4 N–H and O–H groups in total. The van der Waals surface area contributed by atoms with E-state index in [1.54, 1.807) is 18.2 Å². The molecule has 178 valence electrons. The van der Waals surface area contributed by atoms with E-state index in [0.29, 0.717) is 27.6 Å². The smallest absolute Gasteiger partial charge is 0.271 e. The number of benzene rings is 1. The van der Waals surface area contributed by atoms with Crippen molar-refractivity contribution in [2.24, 2.45) is 0 Å². The van der Waals surface area contributed by atoms with Gasteiger partial charge in [0, 0.05) is 5.56 Å². The molecule has 0 spiro atoms. The van der Waals surface area contributed by atoms with Gasteiger partial charge in [0.25, 0.3) is 5.56 Å². The average molecular weight is 483 g/mol. The lowest BCUT2D eigenvalue weighted by atomic mass is 9.95. The summed E-state index contributed by atoms with van der Waals surface area (Å²) in [6.07, 6.45) is -7.51. The van der Waals surface area contributed by atoms with Crippen LogP contribution in [0.5, 0.6) is 0 Å². The zero-order valence-corrected chi connectivity index (χ0v) is 19.5. The first-order chi connectivity index (χ1) is 16.3. The Hall–Kier alpha value is -2.84. The normalized spacial score (nSPS) is 24.8. The number of aliphatic hydroxyl groups excluding tert-OH is 4. The van der Waals surface area contributed by atoms with Gasteiger partial charge in [-0.3, -0.25) is 9.36 Å². The van der Waals surface area contributed by atoms with E-state index in [0.717, 1.165) is 10.1 Å². The van der Waals surface area contributed by atoms with Crippen LogP contribution >= 0.6 is 11.3 Å². The minimum atomic E-state index is -1.67. The fourth-order valence-electron chi connectivity index (χ4n) is 4.17. The molecule has 1 fully saturated rings. The summed E-state index contributed by atoms with van der Waals surface area (Å²) in [5, 5.41) is 52.5. The first-order valence-corrected chi connectivity index (χ1v) is 11.8. The van der Waals surface area contributed by atoms with Gasteiger partial charge < -0.3 is 25.2 Å². The van der Waals surface area contributed by atoms with Gasteiger partial charge in [-0.25, -0.2) is 0 Å². The molecule has 1 aromatic carbocycles. The molecule has 0 unspecified atom stereocenters. The molecule has 0 amide bonds. The minimum absolute atomic E-state index is 0.144. The molecule has 1 saturated heterocycles. The van der Waals surface area contributed by atoms with Gasteiger partial charge in [0.1, 0.15) is 36.0 Å². The topological polar surface area (TPSA) is 136 Å². The molecule has 0 bridgehead atoms. The monoisotopic (exact) mass is 482 g/mol. The Morgan fingerprint density at radius 1 is 1.12 bits per heavy atom. The maximum Gasteiger partial charge on any atom is 0.271 e. The van der Waals surface area contributed by atoms with Gasteiger partial charge in [0.05, 0.1) is 17.2 Å². The number of nitrogens with zero attached hydrogens (tertiary/aromatic N) is 2. The van der Waals surface area contributed by atoms with Gasteiger partial charge in [-0.15, -0.1) is 11.3 Å². The van der Waals surface area contributed by atoms with Crippen LogP contribution in [0.3, 0.4) is 0 Å². The van der Waals surface area contributed by atoms with E-state index in [4.69, 9.17) is 4.74 Å². The number of hydrogen-bond acceptors (Lipinski definition) is 8. The molecule has 8 nitrogen and oxygen atoms in total. The van der Waals surface area contributed by atoms with Crippen molar-refractivity contribution in [3.63, 3.8) is 0 Å². The summed E-state index contributed by atoms with van der Waals surface area (Å²) in [5.74, 6) is 0.324. The lowest BCUT2D eigenvalue weighted by Gasteiger charge is -2.41. The average Bonchev–Trinajstić information content (AvgIpc) is 3.37. The maximum absolute atomic E-state index is 13.7. The molecule has 9 heteroatoms. The molecule has 4 rings (SSSR count). The fraction of sp³-hybridized carbons (Fsp3) is 0.360. The molecule has 2 aromatic heterocycles. The third-order valence-corrected chi connectivity index (χ3v) is 7.03. The van der Waals surface area contributed by atoms with Crippen molar-refractivity contribution in [2.75, 3.05) is 6.61 Å². The van der Waals surface area contributed by atoms with Gasteiger partial charge in [0.2, 0.25) is 0 Å². The zero-order chi connectivity index (χ0) is 24.6. The van der Waals surface area contributed by atoms with Crippen LogP contribution in [0, 0.1) is 11.3 Å². The summed E-state index contributed by atoms with van der Waals surface area (Å²) in [7, 11) is 0. The molecule has 34 heavy (non-hydrogen) atoms. The number of rotatable bonds is 5. The van der Waals surface area contributed by atoms with Crippen LogP contribution in [-0.4, -0.2) is 56.0 Å². The van der Waals surface area contributed by atoms with Crippen molar-refractivity contribution in [2.45, 2.75) is 50.4 Å². The Labute approximate surface area is 200 Å². The molecule has 1 aliphatic rings. The van der Waals surface area contributed by atoms with E-state index >= 15 is 0 Å². The van der Waals surface area contributed by atoms with Gasteiger partial charge in [-0.1, -0.05) is 44.2 Å². The van der Waals surface area contributed by atoms with E-state index in [1.165, 1.54) is 11.3 Å². The molecule has 3 heterocycles. The van der Waals surface area contributed by atoms with E-state index in [2.05, 4.69) is 13.8 Å². The number of ether oxygens (including phenoxy) is 1. The number of aliphatic hydroxyl groups is 4. The highest BCUT2D eigenvalue weighted by Gasteiger charge is 2.45. The van der Waals surface area contributed by atoms with Crippen molar-refractivity contribution < 1.29 is 25.2 Å². The van der Waals surface area contributed by atoms with Crippen molar-refractivity contribution in [1.82, 2.24) is 4.57 Å². The molecule has 0 aliphatic carbocycles. The van der Waals surface area contributed by atoms with Crippen LogP contribution in [-0.2, 0) is 4.74 Å². The van der Waals surface area contributed by atoms with Crippen LogP contribution in [0.4, 0.5) is 0 Å². The summed E-state index contributed by atoms with van der Waals surface area (Å²) in [4.78, 5) is 14.3. The van der Waals surface area contributed by atoms with Gasteiger partial charge >= 0.3 is 0 Å². The third-order valence-electron chi connectivity index (χ3n) is 6.14. The first kappa shape index (κ1) is 24.3. The maximum atomic E-state index is 13.7. The summed E-state index contributed by atoms with van der Waals surface area (Å²) in [6.45, 7) is 3.52. The molecule has 0 radical (unpaired) electrons. The Balaban J connectivity index is 1.95. The van der Waals surface area contributed by atoms with Gasteiger partial charge in [0.15, 0.2) is 6.23 Å². The standard InChI is InChI=1S/C25H26N2O6S/c1-13(2)14-5-7-15(8-6-14)16-10-18(20-4-3-9-34-20)27(24(32)17(16)11-26)25-23(31)22(30)21(29)19(12-28)33-25/h3-10,13,19,21-23,25,28-31H,12H2,1-2H3/t19-,21+,22+,23-,25-/m1/s1. The molecule has 5 atom stereocenters. The molecule has 0 saturated carbocycles. The van der Waals surface area contributed by atoms with Crippen molar-refractivity contribution in [1.29, 1.82) is 5.26 Å². The van der Waals surface area contributed by atoms with E-state index in [9.17, 15) is 30.5 Å². The summed E-state index contributed by atoms with van der Waals surface area (Å²) < 4.78 is 6.80. The predicted octanol–water partition coefficient (Wildman–Crippen LogP) is 2.21. The van der Waals surface area contributed by atoms with Crippen molar-refractivity contribution in [3.8, 4) is 27.8 Å². The second kappa shape index (κ2) is 9.80. The minimum Gasteiger partial charge on any atom is -0.394 e. The Kier molecular flexibility index (Phi) is 7.00. The Morgan fingerprint density at radius 2 is 1.82 bits per heavy atom. The highest BCUT2D eigenvalue weighted by molar-refractivity contribution is 7.13. The summed E-state index contributed by atoms with van der Waals surface area (Å²) in [5.41, 5.74) is 1.78. The third kappa shape index (κ3) is 4.20. The number of hydrogen-bond donors (Lipinski definition) is 4. The molecular weight excluding hydrogens is 456 g/mol. The Morgan fingerprint density at radius 3 is 2.38 bits per heavy atom. The van der Waals surface area contributed by atoms with Crippen LogP contribution < -0.4 is 5.56 Å². The SMILES string of the molecule is CC(C)c1ccc(-c2cc(-c3cccs3)n([C@@H]3O[C@H](CO)[C@H](O)[C@H](O)[C@H]3O)c(=O)c2C#N)cc1. The first-order valence-electron chi connectivity index (χ1n) is 10.9. The second-order valence-electron chi connectivity index (χ2n) is 8.58. The molecule has 3 aromatic rings. The van der Waals surface area contributed by atoms with Crippen molar-refractivity contribution >= 4 is 11.3 Å². The highest BCUT2D eigenvalue weighted by atomic mass is 32.1. The van der Waals surface area contributed by atoms with E-state index in [1.807, 2.05) is 35.7 Å². The van der Waals surface area contributed by atoms with E-state index < -0.39 is 42.8 Å². The summed E-state index contributed by atoms with van der Waals surface area (Å²) >= 11 is 1.35. The van der Waals surface area contributed by atoms with E-state index in [-0.39, 0.29) is 5.56 Å². The fourth-order valence-corrected chi connectivity index (χ4v) is 4.91. The zero-order valence-electron chi connectivity index (χ0n) is 18.7. The second-order valence-corrected chi connectivity index (χ2v) is 9.53.